The maximum atomic E-state index is 10.0. The SMILES string of the molecule is NCc1cc(Cl)ccc1OCC(O)CC1CCCC1. The maximum Gasteiger partial charge on any atom is 0.124 e. The monoisotopic (exact) mass is 283 g/mol. The molecule has 1 unspecified atom stereocenters. The van der Waals surface area contributed by atoms with Crippen molar-refractivity contribution >= 4 is 11.6 Å². The summed E-state index contributed by atoms with van der Waals surface area (Å²) in [6.07, 6.45) is 5.52. The summed E-state index contributed by atoms with van der Waals surface area (Å²) >= 11 is 5.91. The van der Waals surface area contributed by atoms with Crippen molar-refractivity contribution in [3.05, 3.63) is 28.8 Å². The lowest BCUT2D eigenvalue weighted by atomic mass is 10.0. The summed E-state index contributed by atoms with van der Waals surface area (Å²) in [5.74, 6) is 1.38. The Morgan fingerprint density at radius 2 is 2.11 bits per heavy atom. The number of aliphatic hydroxyl groups excluding tert-OH is 1. The number of hydrogen-bond donors (Lipinski definition) is 2. The van der Waals surface area contributed by atoms with Gasteiger partial charge in [-0.05, 0) is 30.5 Å². The molecule has 3 nitrogen and oxygen atoms in total. The molecule has 0 aromatic heterocycles. The summed E-state index contributed by atoms with van der Waals surface area (Å²) < 4.78 is 5.67. The van der Waals surface area contributed by atoms with Gasteiger partial charge in [-0.3, -0.25) is 0 Å². The van der Waals surface area contributed by atoms with Gasteiger partial charge >= 0.3 is 0 Å². The number of aliphatic hydroxyl groups is 1. The van der Waals surface area contributed by atoms with Crippen molar-refractivity contribution in [3.8, 4) is 5.75 Å². The average molecular weight is 284 g/mol. The van der Waals surface area contributed by atoms with Gasteiger partial charge in [0, 0.05) is 17.1 Å². The second-order valence-corrected chi connectivity index (χ2v) is 5.74. The molecule has 0 aliphatic heterocycles. The molecule has 0 saturated heterocycles. The fourth-order valence-electron chi connectivity index (χ4n) is 2.73. The van der Waals surface area contributed by atoms with Crippen LogP contribution in [0.2, 0.25) is 5.02 Å². The summed E-state index contributed by atoms with van der Waals surface area (Å²) in [5.41, 5.74) is 6.53. The van der Waals surface area contributed by atoms with Crippen molar-refractivity contribution in [2.24, 2.45) is 11.7 Å². The van der Waals surface area contributed by atoms with E-state index in [9.17, 15) is 5.11 Å². The molecule has 4 heteroatoms. The highest BCUT2D eigenvalue weighted by atomic mass is 35.5. The first-order valence-corrected chi connectivity index (χ1v) is 7.36. The molecule has 3 N–H and O–H groups in total. The minimum atomic E-state index is -0.399. The van der Waals surface area contributed by atoms with E-state index < -0.39 is 6.10 Å². The summed E-state index contributed by atoms with van der Waals surface area (Å²) in [7, 11) is 0. The first-order chi connectivity index (χ1) is 9.19. The third kappa shape index (κ3) is 4.37. The van der Waals surface area contributed by atoms with Gasteiger partial charge in [0.2, 0.25) is 0 Å². The van der Waals surface area contributed by atoms with E-state index in [1.54, 1.807) is 12.1 Å². The van der Waals surface area contributed by atoms with Crippen LogP contribution in [0.3, 0.4) is 0 Å². The normalized spacial score (nSPS) is 17.6. The minimum absolute atomic E-state index is 0.325. The standard InChI is InChI=1S/C15H22ClNO2/c16-13-5-6-15(12(8-13)9-17)19-10-14(18)7-11-3-1-2-4-11/h5-6,8,11,14,18H,1-4,7,9-10,17H2. The first kappa shape index (κ1) is 14.6. The van der Waals surface area contributed by atoms with Crippen molar-refractivity contribution in [1.82, 2.24) is 0 Å². The molecule has 2 rings (SSSR count). The van der Waals surface area contributed by atoms with Crippen molar-refractivity contribution in [2.75, 3.05) is 6.61 Å². The maximum absolute atomic E-state index is 10.0. The highest BCUT2D eigenvalue weighted by Crippen LogP contribution is 2.29. The summed E-state index contributed by atoms with van der Waals surface area (Å²) in [4.78, 5) is 0. The zero-order valence-electron chi connectivity index (χ0n) is 11.1. The topological polar surface area (TPSA) is 55.5 Å². The molecule has 1 saturated carbocycles. The van der Waals surface area contributed by atoms with Gasteiger partial charge in [-0.25, -0.2) is 0 Å². The number of halogens is 1. The highest BCUT2D eigenvalue weighted by molar-refractivity contribution is 6.30. The van der Waals surface area contributed by atoms with E-state index in [-0.39, 0.29) is 0 Å². The lowest BCUT2D eigenvalue weighted by Gasteiger charge is -2.17. The van der Waals surface area contributed by atoms with Crippen LogP contribution in [0.5, 0.6) is 5.75 Å². The van der Waals surface area contributed by atoms with Gasteiger partial charge in [-0.1, -0.05) is 37.3 Å². The van der Waals surface area contributed by atoms with Crippen LogP contribution in [0.15, 0.2) is 18.2 Å². The molecular formula is C15H22ClNO2. The van der Waals surface area contributed by atoms with E-state index in [2.05, 4.69) is 0 Å². The van der Waals surface area contributed by atoms with E-state index >= 15 is 0 Å². The van der Waals surface area contributed by atoms with E-state index in [0.29, 0.717) is 24.1 Å². The summed E-state index contributed by atoms with van der Waals surface area (Å²) in [6.45, 7) is 0.708. The molecule has 1 fully saturated rings. The molecule has 0 amide bonds. The Bertz CT molecular complexity index is 405. The zero-order valence-corrected chi connectivity index (χ0v) is 11.9. The van der Waals surface area contributed by atoms with Crippen LogP contribution in [0.1, 0.15) is 37.7 Å². The van der Waals surface area contributed by atoms with Gasteiger partial charge in [0.15, 0.2) is 0 Å². The smallest absolute Gasteiger partial charge is 0.124 e. The van der Waals surface area contributed by atoms with Gasteiger partial charge in [0.05, 0.1) is 6.10 Å². The Morgan fingerprint density at radius 3 is 2.79 bits per heavy atom. The molecule has 0 spiro atoms. The Kier molecular flexibility index (Phi) is 5.49. The first-order valence-electron chi connectivity index (χ1n) is 6.98. The summed E-state index contributed by atoms with van der Waals surface area (Å²) in [6, 6.07) is 5.40. The summed E-state index contributed by atoms with van der Waals surface area (Å²) in [5, 5.41) is 10.7. The van der Waals surface area contributed by atoms with Crippen molar-refractivity contribution in [3.63, 3.8) is 0 Å². The Balaban J connectivity index is 1.83. The van der Waals surface area contributed by atoms with Crippen LogP contribution in [0.25, 0.3) is 0 Å². The van der Waals surface area contributed by atoms with E-state index in [4.69, 9.17) is 22.1 Å². The molecule has 0 radical (unpaired) electrons. The minimum Gasteiger partial charge on any atom is -0.491 e. The van der Waals surface area contributed by atoms with Crippen LogP contribution in [-0.2, 0) is 6.54 Å². The van der Waals surface area contributed by atoms with Crippen molar-refractivity contribution in [1.29, 1.82) is 0 Å². The number of rotatable bonds is 6. The predicted molar refractivity (Wildman–Crippen MR) is 77.4 cm³/mol. The lowest BCUT2D eigenvalue weighted by Crippen LogP contribution is -2.21. The van der Waals surface area contributed by atoms with Crippen LogP contribution in [0, 0.1) is 5.92 Å². The molecule has 1 aliphatic rings. The van der Waals surface area contributed by atoms with Crippen molar-refractivity contribution < 1.29 is 9.84 Å². The van der Waals surface area contributed by atoms with Crippen molar-refractivity contribution in [2.45, 2.75) is 44.8 Å². The molecule has 1 aromatic rings. The third-order valence-corrected chi connectivity index (χ3v) is 3.99. The van der Waals surface area contributed by atoms with Gasteiger partial charge in [0.1, 0.15) is 12.4 Å². The molecule has 106 valence electrons. The van der Waals surface area contributed by atoms with E-state index in [1.165, 1.54) is 25.7 Å². The number of hydrogen-bond acceptors (Lipinski definition) is 3. The molecule has 0 bridgehead atoms. The number of benzene rings is 1. The molecular weight excluding hydrogens is 262 g/mol. The second-order valence-electron chi connectivity index (χ2n) is 5.31. The highest BCUT2D eigenvalue weighted by Gasteiger charge is 2.19. The molecule has 1 aliphatic carbocycles. The molecule has 1 aromatic carbocycles. The number of ether oxygens (including phenoxy) is 1. The van der Waals surface area contributed by atoms with E-state index in [0.717, 1.165) is 17.7 Å². The fourth-order valence-corrected chi connectivity index (χ4v) is 2.93. The number of nitrogens with two attached hydrogens (primary N) is 1. The quantitative estimate of drug-likeness (QED) is 0.843. The molecule has 19 heavy (non-hydrogen) atoms. The second kappa shape index (κ2) is 7.13. The van der Waals surface area contributed by atoms with E-state index in [1.807, 2.05) is 6.07 Å². The zero-order chi connectivity index (χ0) is 13.7. The largest absolute Gasteiger partial charge is 0.491 e. The van der Waals surface area contributed by atoms with Crippen LogP contribution < -0.4 is 10.5 Å². The predicted octanol–water partition coefficient (Wildman–Crippen LogP) is 3.12. The molecule has 1 atom stereocenters. The Labute approximate surface area is 119 Å². The molecule has 0 heterocycles. The Morgan fingerprint density at radius 1 is 1.37 bits per heavy atom. The van der Waals surface area contributed by atoms with Crippen LogP contribution in [-0.4, -0.2) is 17.8 Å². The van der Waals surface area contributed by atoms with Gasteiger partial charge in [0.25, 0.3) is 0 Å². The van der Waals surface area contributed by atoms with Crippen LogP contribution >= 0.6 is 11.6 Å². The van der Waals surface area contributed by atoms with Gasteiger partial charge in [-0.2, -0.15) is 0 Å². The third-order valence-electron chi connectivity index (χ3n) is 3.75. The van der Waals surface area contributed by atoms with Gasteiger partial charge < -0.3 is 15.6 Å². The Hall–Kier alpha value is -0.770. The van der Waals surface area contributed by atoms with Gasteiger partial charge in [-0.15, -0.1) is 0 Å². The average Bonchev–Trinajstić information content (AvgIpc) is 2.90. The fraction of sp³-hybridized carbons (Fsp3) is 0.600. The van der Waals surface area contributed by atoms with Crippen LogP contribution in [0.4, 0.5) is 0 Å². The lowest BCUT2D eigenvalue weighted by molar-refractivity contribution is 0.0851.